The van der Waals surface area contributed by atoms with Crippen molar-refractivity contribution in [1.29, 1.82) is 0 Å². The minimum Gasteiger partial charge on any atom is -0.394 e. The number of hydrogen-bond acceptors (Lipinski definition) is 5. The summed E-state index contributed by atoms with van der Waals surface area (Å²) in [6.45, 7) is 4.04. The molecule has 0 fully saturated rings. The van der Waals surface area contributed by atoms with Gasteiger partial charge in [-0.1, -0.05) is 258 Å². The minimum absolute atomic E-state index is 0.373. The number of nitrogens with one attached hydrogen (secondary N) is 1. The van der Waals surface area contributed by atoms with Gasteiger partial charge in [-0.3, -0.25) is 4.79 Å². The van der Waals surface area contributed by atoms with E-state index < -0.39 is 36.9 Å². The maximum atomic E-state index is 12.4. The van der Waals surface area contributed by atoms with Crippen molar-refractivity contribution in [2.75, 3.05) is 6.61 Å². The van der Waals surface area contributed by atoms with E-state index in [2.05, 4.69) is 19.2 Å². The molecule has 0 aromatic carbocycles. The molecule has 6 nitrogen and oxygen atoms in total. The number of amides is 1. The van der Waals surface area contributed by atoms with Crippen molar-refractivity contribution in [2.45, 2.75) is 295 Å². The molecule has 0 saturated carbocycles. The molecule has 0 aromatic heterocycles. The summed E-state index contributed by atoms with van der Waals surface area (Å²) < 4.78 is 0. The van der Waals surface area contributed by atoms with Crippen LogP contribution in [0.25, 0.3) is 0 Å². The van der Waals surface area contributed by atoms with Gasteiger partial charge in [0, 0.05) is 0 Å². The van der Waals surface area contributed by atoms with Crippen molar-refractivity contribution in [3.63, 3.8) is 0 Å². The number of unbranched alkanes of at least 4 members (excludes halogenated alkanes) is 36. The molecule has 54 heavy (non-hydrogen) atoms. The second-order valence-corrected chi connectivity index (χ2v) is 17.2. The second-order valence-electron chi connectivity index (χ2n) is 17.2. The van der Waals surface area contributed by atoms with Crippen LogP contribution < -0.4 is 5.32 Å². The zero-order chi connectivity index (χ0) is 39.6. The summed E-state index contributed by atoms with van der Waals surface area (Å²) >= 11 is 0. The Bertz CT molecular complexity index is 736. The van der Waals surface area contributed by atoms with Crippen LogP contribution in [-0.4, -0.2) is 57.3 Å². The van der Waals surface area contributed by atoms with Gasteiger partial charge in [0.25, 0.3) is 0 Å². The van der Waals surface area contributed by atoms with Gasteiger partial charge in [-0.2, -0.15) is 0 Å². The Morgan fingerprint density at radius 1 is 0.389 bits per heavy atom. The van der Waals surface area contributed by atoms with Crippen molar-refractivity contribution in [3.05, 3.63) is 0 Å². The summed E-state index contributed by atoms with van der Waals surface area (Å²) in [6, 6.07) is -0.978. The highest BCUT2D eigenvalue weighted by molar-refractivity contribution is 5.80. The molecule has 4 unspecified atom stereocenters. The lowest BCUT2D eigenvalue weighted by Gasteiger charge is -2.27. The third-order valence-electron chi connectivity index (χ3n) is 11.8. The third kappa shape index (κ3) is 36.9. The first-order valence-corrected chi connectivity index (χ1v) is 24.4. The fourth-order valence-electron chi connectivity index (χ4n) is 7.94. The molecule has 0 aromatic rings. The highest BCUT2D eigenvalue weighted by Gasteiger charge is 2.28. The molecule has 324 valence electrons. The van der Waals surface area contributed by atoms with E-state index in [0.717, 1.165) is 38.5 Å². The first-order chi connectivity index (χ1) is 26.5. The van der Waals surface area contributed by atoms with Crippen molar-refractivity contribution in [2.24, 2.45) is 0 Å². The standard InChI is InChI=1S/C48H97NO5/c1-3-5-7-9-11-13-14-15-16-17-18-19-20-21-22-23-24-25-26-27-28-29-30-31-32-34-35-37-39-41-45(51)47(53)44(43-50)49-48(54)46(52)42-40-38-36-33-12-10-8-6-4-2/h44-47,50-53H,3-43H2,1-2H3,(H,49,54). The molecular weight excluding hydrogens is 671 g/mol. The van der Waals surface area contributed by atoms with Crippen LogP contribution in [0.15, 0.2) is 0 Å². The Kier molecular flexibility index (Phi) is 42.9. The molecule has 1 amide bonds. The molecule has 0 aliphatic carbocycles. The Morgan fingerprint density at radius 2 is 0.630 bits per heavy atom. The molecule has 6 heteroatoms. The summed E-state index contributed by atoms with van der Waals surface area (Å²) in [5, 5.41) is 43.6. The Labute approximate surface area is 337 Å². The van der Waals surface area contributed by atoms with E-state index in [0.29, 0.717) is 12.8 Å². The topological polar surface area (TPSA) is 110 Å². The maximum absolute atomic E-state index is 12.4. The summed E-state index contributed by atoms with van der Waals surface area (Å²) in [5.74, 6) is -0.583. The van der Waals surface area contributed by atoms with Crippen molar-refractivity contribution >= 4 is 5.91 Å². The van der Waals surface area contributed by atoms with Gasteiger partial charge in [0.1, 0.15) is 12.2 Å². The Balaban J connectivity index is 3.52. The number of aliphatic hydroxyl groups excluding tert-OH is 4. The average molecular weight is 768 g/mol. The predicted octanol–water partition coefficient (Wildman–Crippen LogP) is 13.2. The predicted molar refractivity (Wildman–Crippen MR) is 233 cm³/mol. The highest BCUT2D eigenvalue weighted by Crippen LogP contribution is 2.18. The van der Waals surface area contributed by atoms with Crippen LogP contribution in [0.2, 0.25) is 0 Å². The van der Waals surface area contributed by atoms with Gasteiger partial charge >= 0.3 is 0 Å². The Hall–Kier alpha value is -0.690. The zero-order valence-electron chi connectivity index (χ0n) is 36.5. The normalized spacial score (nSPS) is 14.0. The fourth-order valence-corrected chi connectivity index (χ4v) is 7.94. The van der Waals surface area contributed by atoms with E-state index in [1.165, 1.54) is 205 Å². The lowest BCUT2D eigenvalue weighted by atomic mass is 9.99. The SMILES string of the molecule is CCCCCCCCCCCCCCCCCCCCCCCCCCCCCCCC(O)C(O)C(CO)NC(=O)C(O)CCCCCCCCCCC. The molecule has 5 N–H and O–H groups in total. The van der Waals surface area contributed by atoms with Gasteiger partial charge in [0.2, 0.25) is 5.91 Å². The summed E-state index contributed by atoms with van der Waals surface area (Å²) in [7, 11) is 0. The summed E-state index contributed by atoms with van der Waals surface area (Å²) in [5.41, 5.74) is 0. The highest BCUT2D eigenvalue weighted by atomic mass is 16.3. The van der Waals surface area contributed by atoms with Crippen LogP contribution in [0.4, 0.5) is 0 Å². The smallest absolute Gasteiger partial charge is 0.249 e. The second kappa shape index (κ2) is 43.4. The van der Waals surface area contributed by atoms with Gasteiger partial charge in [-0.25, -0.2) is 0 Å². The molecule has 0 saturated heterocycles. The van der Waals surface area contributed by atoms with Gasteiger partial charge in [-0.05, 0) is 12.8 Å². The average Bonchev–Trinajstić information content (AvgIpc) is 3.18. The number of aliphatic hydroxyl groups is 4. The first-order valence-electron chi connectivity index (χ1n) is 24.4. The maximum Gasteiger partial charge on any atom is 0.249 e. The minimum atomic E-state index is -1.25. The quantitative estimate of drug-likeness (QED) is 0.0396. The molecule has 0 heterocycles. The molecule has 0 spiro atoms. The lowest BCUT2D eigenvalue weighted by Crippen LogP contribution is -2.53. The van der Waals surface area contributed by atoms with Gasteiger partial charge in [0.15, 0.2) is 0 Å². The van der Waals surface area contributed by atoms with E-state index in [1.54, 1.807) is 0 Å². The number of rotatable bonds is 45. The number of carbonyl (C=O) groups excluding carboxylic acids is 1. The van der Waals surface area contributed by atoms with Crippen LogP contribution in [0.3, 0.4) is 0 Å². The van der Waals surface area contributed by atoms with Gasteiger partial charge in [0.05, 0.1) is 18.8 Å². The van der Waals surface area contributed by atoms with E-state index in [4.69, 9.17) is 0 Å². The van der Waals surface area contributed by atoms with E-state index in [1.807, 2.05) is 0 Å². The zero-order valence-corrected chi connectivity index (χ0v) is 36.5. The van der Waals surface area contributed by atoms with Crippen molar-refractivity contribution in [1.82, 2.24) is 5.32 Å². The van der Waals surface area contributed by atoms with E-state index in [-0.39, 0.29) is 0 Å². The first kappa shape index (κ1) is 53.3. The largest absolute Gasteiger partial charge is 0.394 e. The van der Waals surface area contributed by atoms with Crippen LogP contribution >= 0.6 is 0 Å². The summed E-state index contributed by atoms with van der Waals surface area (Å²) in [6.07, 6.45) is 47.5. The third-order valence-corrected chi connectivity index (χ3v) is 11.8. The molecule has 0 aliphatic heterocycles. The van der Waals surface area contributed by atoms with Crippen LogP contribution in [-0.2, 0) is 4.79 Å². The molecular formula is C48H97NO5. The van der Waals surface area contributed by atoms with Gasteiger partial charge in [-0.15, -0.1) is 0 Å². The van der Waals surface area contributed by atoms with Crippen LogP contribution in [0.1, 0.15) is 271 Å². The Morgan fingerprint density at radius 3 is 0.889 bits per heavy atom. The van der Waals surface area contributed by atoms with E-state index >= 15 is 0 Å². The summed E-state index contributed by atoms with van der Waals surface area (Å²) in [4.78, 5) is 12.4. The van der Waals surface area contributed by atoms with E-state index in [9.17, 15) is 25.2 Å². The number of hydrogen-bond donors (Lipinski definition) is 5. The monoisotopic (exact) mass is 768 g/mol. The molecule has 0 bridgehead atoms. The van der Waals surface area contributed by atoms with Crippen molar-refractivity contribution in [3.8, 4) is 0 Å². The van der Waals surface area contributed by atoms with Gasteiger partial charge < -0.3 is 25.7 Å². The molecule has 0 rings (SSSR count). The molecule has 0 radical (unpaired) electrons. The van der Waals surface area contributed by atoms with Crippen molar-refractivity contribution < 1.29 is 25.2 Å². The molecule has 4 atom stereocenters. The fraction of sp³-hybridized carbons (Fsp3) is 0.979. The van der Waals surface area contributed by atoms with Crippen LogP contribution in [0.5, 0.6) is 0 Å². The van der Waals surface area contributed by atoms with Crippen LogP contribution in [0, 0.1) is 0 Å². The lowest BCUT2D eigenvalue weighted by molar-refractivity contribution is -0.132. The number of carbonyl (C=O) groups is 1. The molecule has 0 aliphatic rings.